The number of alkyl halides is 6. The number of benzene rings is 2. The van der Waals surface area contributed by atoms with Gasteiger partial charge in [0.1, 0.15) is 49.3 Å². The number of rotatable bonds is 11. The molecule has 14 nitrogen and oxygen atoms in total. The van der Waals surface area contributed by atoms with Crippen LogP contribution in [0.15, 0.2) is 48.5 Å². The smallest absolute Gasteiger partial charge is 0.416 e. The number of aliphatic hydroxyl groups is 2. The third-order valence-electron chi connectivity index (χ3n) is 8.52. The molecule has 53 heavy (non-hydrogen) atoms. The molecular weight excluding hydrogens is 730 g/mol. The van der Waals surface area contributed by atoms with Crippen LogP contribution in [0.25, 0.3) is 0 Å². The van der Waals surface area contributed by atoms with E-state index in [0.717, 1.165) is 37.4 Å². The van der Waals surface area contributed by atoms with Crippen LogP contribution in [0.4, 0.5) is 26.3 Å². The van der Waals surface area contributed by atoms with E-state index in [0.29, 0.717) is 12.1 Å². The lowest BCUT2D eigenvalue weighted by atomic mass is 9.96. The molecule has 0 spiro atoms. The first-order valence-electron chi connectivity index (χ1n) is 16.0. The summed E-state index contributed by atoms with van der Waals surface area (Å²) in [4.78, 5) is 38.2. The van der Waals surface area contributed by atoms with Crippen molar-refractivity contribution in [1.82, 2.24) is 10.6 Å². The molecule has 3 heterocycles. The monoisotopic (exact) mass is 766 g/mol. The molecule has 3 saturated heterocycles. The van der Waals surface area contributed by atoms with Gasteiger partial charge in [-0.05, 0) is 50.2 Å². The van der Waals surface area contributed by atoms with Gasteiger partial charge in [-0.15, -0.1) is 0 Å². The Morgan fingerprint density at radius 2 is 1.42 bits per heavy atom. The van der Waals surface area contributed by atoms with Gasteiger partial charge in [-0.2, -0.15) is 26.3 Å². The predicted octanol–water partition coefficient (Wildman–Crippen LogP) is 2.15. The second-order valence-corrected chi connectivity index (χ2v) is 12.7. The highest BCUT2D eigenvalue weighted by molar-refractivity contribution is 5.95. The molecule has 0 bridgehead atoms. The van der Waals surface area contributed by atoms with Gasteiger partial charge >= 0.3 is 18.3 Å². The van der Waals surface area contributed by atoms with E-state index in [1.165, 1.54) is 6.07 Å². The predicted molar refractivity (Wildman–Crippen MR) is 164 cm³/mol. The fourth-order valence-corrected chi connectivity index (χ4v) is 6.01. The summed E-state index contributed by atoms with van der Waals surface area (Å²) in [5.74, 6) is -4.11. The minimum absolute atomic E-state index is 0.285. The maximum absolute atomic E-state index is 13.4. The molecule has 9 atom stereocenters. The van der Waals surface area contributed by atoms with E-state index in [2.05, 4.69) is 15.4 Å². The highest BCUT2D eigenvalue weighted by Gasteiger charge is 2.58. The number of esters is 1. The second kappa shape index (κ2) is 15.8. The maximum atomic E-state index is 13.4. The van der Waals surface area contributed by atoms with Gasteiger partial charge in [0.2, 0.25) is 0 Å². The zero-order chi connectivity index (χ0) is 38.9. The number of carbonyl (C=O) groups excluding carboxylic acids is 3. The maximum Gasteiger partial charge on any atom is 0.416 e. The van der Waals surface area contributed by atoms with E-state index in [9.17, 15) is 50.9 Å². The van der Waals surface area contributed by atoms with Crippen molar-refractivity contribution in [2.75, 3.05) is 26.9 Å². The number of fused-ring (bicyclic) bond motifs is 1. The van der Waals surface area contributed by atoms with Crippen molar-refractivity contribution < 1.29 is 84.1 Å². The van der Waals surface area contributed by atoms with Crippen molar-refractivity contribution in [2.24, 2.45) is 0 Å². The molecule has 5 rings (SSSR count). The highest BCUT2D eigenvalue weighted by atomic mass is 19.4. The van der Waals surface area contributed by atoms with Crippen LogP contribution in [-0.4, -0.2) is 116 Å². The number of carbonyl (C=O) groups is 3. The Morgan fingerprint density at radius 1 is 0.849 bits per heavy atom. The van der Waals surface area contributed by atoms with Gasteiger partial charge in [-0.25, -0.2) is 4.79 Å². The zero-order valence-electron chi connectivity index (χ0n) is 28.2. The zero-order valence-corrected chi connectivity index (χ0v) is 28.2. The third-order valence-corrected chi connectivity index (χ3v) is 8.52. The molecule has 292 valence electrons. The quantitative estimate of drug-likeness (QED) is 0.194. The number of aliphatic hydroxyl groups excluding tert-OH is 2. The SMILES string of the molecule is COC(=O)COC1C(NC(=O)c2cccc(C(F)(F)F)c2)[C@H](OC2O[C@H](CNC(=O)c3cccc(C(F)(F)F)c3)C3OC(C)(C)OC23)OC(CO)[C@H]1O. The summed E-state index contributed by atoms with van der Waals surface area (Å²) in [6.45, 7) is 1.19. The number of hydrogen-bond donors (Lipinski definition) is 4. The summed E-state index contributed by atoms with van der Waals surface area (Å²) in [6, 6.07) is 5.58. The molecule has 3 fully saturated rings. The molecule has 3 aliphatic rings. The van der Waals surface area contributed by atoms with E-state index in [4.69, 9.17) is 28.4 Å². The van der Waals surface area contributed by atoms with Crippen LogP contribution in [0.3, 0.4) is 0 Å². The van der Waals surface area contributed by atoms with Crippen molar-refractivity contribution in [3.05, 3.63) is 70.8 Å². The first kappa shape index (κ1) is 40.3. The number of hydrogen-bond acceptors (Lipinski definition) is 12. The van der Waals surface area contributed by atoms with Gasteiger partial charge in [0.25, 0.3) is 11.8 Å². The van der Waals surface area contributed by atoms with Crippen LogP contribution in [0.5, 0.6) is 0 Å². The standard InChI is InChI=1S/C33H36F6N2O12/c1-31(2)52-24-19(12-40-27(45)15-6-4-8-17(10-15)32(34,35)36)49-30(26(24)53-31)51-29-22(25(48-14-21(43)47-3)23(44)20(13-42)50-29)41-28(46)16-7-5-9-18(11-16)33(37,38)39/h4-11,19-20,22-26,29-30,42,44H,12-14H2,1-3H3,(H,40,45)(H,41,46)/t19-,20?,22?,23-,24?,25?,26?,29+,30?/m1/s1. The Labute approximate surface area is 297 Å². The van der Waals surface area contributed by atoms with E-state index >= 15 is 0 Å². The molecule has 20 heteroatoms. The van der Waals surface area contributed by atoms with Gasteiger partial charge in [-0.1, -0.05) is 12.1 Å². The fraction of sp³-hybridized carbons (Fsp3) is 0.545. The van der Waals surface area contributed by atoms with Crippen molar-refractivity contribution in [3.63, 3.8) is 0 Å². The molecule has 2 aromatic rings. The molecule has 2 amide bonds. The Hall–Kier alpha value is -3.89. The fourth-order valence-electron chi connectivity index (χ4n) is 6.01. The molecule has 0 aromatic heterocycles. The van der Waals surface area contributed by atoms with Gasteiger partial charge in [0, 0.05) is 17.7 Å². The molecule has 3 aliphatic heterocycles. The van der Waals surface area contributed by atoms with Gasteiger partial charge in [0.05, 0.1) is 24.8 Å². The summed E-state index contributed by atoms with van der Waals surface area (Å²) < 4.78 is 120. The molecule has 0 aliphatic carbocycles. The Morgan fingerprint density at radius 3 is 1.98 bits per heavy atom. The van der Waals surface area contributed by atoms with E-state index in [1.54, 1.807) is 13.8 Å². The van der Waals surface area contributed by atoms with Crippen molar-refractivity contribution in [2.45, 2.75) is 87.2 Å². The Balaban J connectivity index is 1.39. The van der Waals surface area contributed by atoms with Crippen molar-refractivity contribution in [3.8, 4) is 0 Å². The first-order chi connectivity index (χ1) is 24.8. The molecular formula is C33H36F6N2O12. The van der Waals surface area contributed by atoms with E-state index in [1.807, 2.05) is 0 Å². The Bertz CT molecular complexity index is 1640. The summed E-state index contributed by atoms with van der Waals surface area (Å²) in [5.41, 5.74) is -2.90. The number of ether oxygens (including phenoxy) is 7. The Kier molecular flexibility index (Phi) is 12.0. The average Bonchev–Trinajstić information content (AvgIpc) is 3.59. The lowest BCUT2D eigenvalue weighted by Gasteiger charge is -2.44. The minimum atomic E-state index is -4.79. The normalized spacial score (nSPS) is 29.7. The molecule has 0 radical (unpaired) electrons. The number of methoxy groups -OCH3 is 1. The largest absolute Gasteiger partial charge is 0.467 e. The highest BCUT2D eigenvalue weighted by Crippen LogP contribution is 2.40. The van der Waals surface area contributed by atoms with Crippen molar-refractivity contribution in [1.29, 1.82) is 0 Å². The van der Waals surface area contributed by atoms with E-state index < -0.39 is 121 Å². The summed E-state index contributed by atoms with van der Waals surface area (Å²) in [7, 11) is 1.05. The lowest BCUT2D eigenvalue weighted by Crippen LogP contribution is -2.66. The van der Waals surface area contributed by atoms with Crippen LogP contribution in [0.2, 0.25) is 0 Å². The van der Waals surface area contributed by atoms with Crippen LogP contribution < -0.4 is 10.6 Å². The van der Waals surface area contributed by atoms with Gasteiger partial charge in [-0.3, -0.25) is 9.59 Å². The summed E-state index contributed by atoms with van der Waals surface area (Å²) in [5, 5.41) is 26.0. The van der Waals surface area contributed by atoms with E-state index in [-0.39, 0.29) is 12.1 Å². The van der Waals surface area contributed by atoms with Crippen LogP contribution in [0.1, 0.15) is 45.7 Å². The summed E-state index contributed by atoms with van der Waals surface area (Å²) >= 11 is 0. The molecule has 0 saturated carbocycles. The average molecular weight is 767 g/mol. The number of halogens is 6. The lowest BCUT2D eigenvalue weighted by molar-refractivity contribution is -0.329. The van der Waals surface area contributed by atoms with Gasteiger partial charge < -0.3 is 54.0 Å². The van der Waals surface area contributed by atoms with Crippen LogP contribution in [-0.2, 0) is 50.3 Å². The third kappa shape index (κ3) is 9.44. The number of amides is 2. The molecule has 6 unspecified atom stereocenters. The topological polar surface area (TPSA) is 180 Å². The minimum Gasteiger partial charge on any atom is -0.467 e. The van der Waals surface area contributed by atoms with Gasteiger partial charge in [0.15, 0.2) is 18.4 Å². The molecule has 2 aromatic carbocycles. The second-order valence-electron chi connectivity index (χ2n) is 12.7. The summed E-state index contributed by atoms with van der Waals surface area (Å²) in [6.07, 6.45) is -20.5. The number of nitrogens with one attached hydrogen (secondary N) is 2. The first-order valence-corrected chi connectivity index (χ1v) is 16.0. The van der Waals surface area contributed by atoms with Crippen molar-refractivity contribution >= 4 is 17.8 Å². The molecule has 4 N–H and O–H groups in total. The van der Waals surface area contributed by atoms with Crippen LogP contribution >= 0.6 is 0 Å². The van der Waals surface area contributed by atoms with Crippen LogP contribution in [0, 0.1) is 0 Å².